The monoisotopic (exact) mass is 335 g/mol. The minimum atomic E-state index is -0.0839. The minimum Gasteiger partial charge on any atom is -0.497 e. The first kappa shape index (κ1) is 15.7. The molecule has 1 aromatic heterocycles. The van der Waals surface area contributed by atoms with Crippen molar-refractivity contribution in [2.45, 2.75) is 25.8 Å². The second kappa shape index (κ2) is 6.24. The number of anilines is 1. The van der Waals surface area contributed by atoms with Crippen molar-refractivity contribution in [2.75, 3.05) is 18.6 Å². The first-order chi connectivity index (χ1) is 12.2. The third kappa shape index (κ3) is 2.76. The molecule has 1 N–H and O–H groups in total. The lowest BCUT2D eigenvalue weighted by Crippen LogP contribution is -2.34. The van der Waals surface area contributed by atoms with E-state index in [1.807, 2.05) is 24.3 Å². The van der Waals surface area contributed by atoms with Gasteiger partial charge in [-0.05, 0) is 55.7 Å². The van der Waals surface area contributed by atoms with Gasteiger partial charge in [-0.3, -0.25) is 4.79 Å². The highest BCUT2D eigenvalue weighted by atomic mass is 16.5. The number of aromatic nitrogens is 2. The SMILES string of the molecule is COc1ccc2c(c1)CCCN2[C@@H](C)c1nc2ccccc2c(=O)[nH]1. The molecule has 0 amide bonds. The second-order valence-electron chi connectivity index (χ2n) is 6.44. The number of aromatic amines is 1. The van der Waals surface area contributed by atoms with Crippen LogP contribution < -0.4 is 15.2 Å². The highest BCUT2D eigenvalue weighted by Crippen LogP contribution is 2.35. The van der Waals surface area contributed by atoms with Crippen LogP contribution in [0.4, 0.5) is 5.69 Å². The van der Waals surface area contributed by atoms with Gasteiger partial charge in [0.15, 0.2) is 0 Å². The van der Waals surface area contributed by atoms with E-state index in [0.29, 0.717) is 11.2 Å². The maximum Gasteiger partial charge on any atom is 0.258 e. The number of benzene rings is 2. The largest absolute Gasteiger partial charge is 0.497 e. The summed E-state index contributed by atoms with van der Waals surface area (Å²) in [5, 5.41) is 0.627. The topological polar surface area (TPSA) is 58.2 Å². The molecule has 5 nitrogen and oxygen atoms in total. The predicted molar refractivity (Wildman–Crippen MR) is 99.4 cm³/mol. The highest BCUT2D eigenvalue weighted by Gasteiger charge is 2.24. The van der Waals surface area contributed by atoms with Gasteiger partial charge >= 0.3 is 0 Å². The third-order valence-electron chi connectivity index (χ3n) is 4.94. The molecule has 2 heterocycles. The number of methoxy groups -OCH3 is 1. The summed E-state index contributed by atoms with van der Waals surface area (Å²) in [6.07, 6.45) is 2.11. The first-order valence-electron chi connectivity index (χ1n) is 8.60. The number of aryl methyl sites for hydroxylation is 1. The normalized spacial score (nSPS) is 15.0. The molecule has 3 aromatic rings. The van der Waals surface area contributed by atoms with E-state index < -0.39 is 0 Å². The Bertz CT molecular complexity index is 980. The molecular formula is C20H21N3O2. The van der Waals surface area contributed by atoms with Crippen LogP contribution in [0.3, 0.4) is 0 Å². The molecule has 0 bridgehead atoms. The molecule has 4 rings (SSSR count). The van der Waals surface area contributed by atoms with Crippen molar-refractivity contribution in [1.29, 1.82) is 0 Å². The van der Waals surface area contributed by atoms with Gasteiger partial charge < -0.3 is 14.6 Å². The molecule has 0 saturated carbocycles. The lowest BCUT2D eigenvalue weighted by atomic mass is 9.99. The predicted octanol–water partition coefficient (Wildman–Crippen LogP) is 3.45. The Labute approximate surface area is 146 Å². The number of hydrogen-bond acceptors (Lipinski definition) is 4. The van der Waals surface area contributed by atoms with Gasteiger partial charge in [0, 0.05) is 12.2 Å². The number of fused-ring (bicyclic) bond motifs is 2. The molecule has 0 spiro atoms. The summed E-state index contributed by atoms with van der Waals surface area (Å²) < 4.78 is 5.35. The van der Waals surface area contributed by atoms with Crippen LogP contribution in [0.1, 0.15) is 30.8 Å². The molecule has 1 aliphatic heterocycles. The Kier molecular flexibility index (Phi) is 3.92. The van der Waals surface area contributed by atoms with Crippen molar-refractivity contribution in [3.8, 4) is 5.75 Å². The molecule has 5 heteroatoms. The van der Waals surface area contributed by atoms with Crippen molar-refractivity contribution in [3.05, 3.63) is 64.2 Å². The molecule has 0 saturated heterocycles. The van der Waals surface area contributed by atoms with Crippen LogP contribution >= 0.6 is 0 Å². The summed E-state index contributed by atoms with van der Waals surface area (Å²) in [7, 11) is 1.69. The number of rotatable bonds is 3. The highest BCUT2D eigenvalue weighted by molar-refractivity contribution is 5.77. The Morgan fingerprint density at radius 3 is 2.92 bits per heavy atom. The maximum absolute atomic E-state index is 12.4. The molecule has 25 heavy (non-hydrogen) atoms. The van der Waals surface area contributed by atoms with Crippen molar-refractivity contribution >= 4 is 16.6 Å². The number of para-hydroxylation sites is 1. The molecule has 128 valence electrons. The zero-order valence-corrected chi connectivity index (χ0v) is 14.5. The van der Waals surface area contributed by atoms with Gasteiger partial charge in [-0.2, -0.15) is 0 Å². The van der Waals surface area contributed by atoms with Crippen molar-refractivity contribution < 1.29 is 4.74 Å². The van der Waals surface area contributed by atoms with E-state index in [2.05, 4.69) is 28.9 Å². The van der Waals surface area contributed by atoms with Gasteiger partial charge in [-0.1, -0.05) is 12.1 Å². The zero-order valence-electron chi connectivity index (χ0n) is 14.5. The van der Waals surface area contributed by atoms with Gasteiger partial charge in [0.25, 0.3) is 5.56 Å². The number of nitrogens with one attached hydrogen (secondary N) is 1. The van der Waals surface area contributed by atoms with Crippen molar-refractivity contribution in [3.63, 3.8) is 0 Å². The average Bonchev–Trinajstić information content (AvgIpc) is 2.66. The number of ether oxygens (including phenoxy) is 1. The quantitative estimate of drug-likeness (QED) is 0.796. The maximum atomic E-state index is 12.4. The van der Waals surface area contributed by atoms with Gasteiger partial charge in [-0.15, -0.1) is 0 Å². The summed E-state index contributed by atoms with van der Waals surface area (Å²) in [6, 6.07) is 13.6. The van der Waals surface area contributed by atoms with Gasteiger partial charge in [0.05, 0.1) is 24.1 Å². The van der Waals surface area contributed by atoms with Crippen LogP contribution in [0, 0.1) is 0 Å². The van der Waals surface area contributed by atoms with Crippen LogP contribution in [-0.2, 0) is 6.42 Å². The van der Waals surface area contributed by atoms with E-state index in [1.165, 1.54) is 11.3 Å². The molecule has 0 aliphatic carbocycles. The number of hydrogen-bond donors (Lipinski definition) is 1. The van der Waals surface area contributed by atoms with E-state index in [4.69, 9.17) is 9.72 Å². The smallest absolute Gasteiger partial charge is 0.258 e. The zero-order chi connectivity index (χ0) is 17.4. The fourth-order valence-corrected chi connectivity index (χ4v) is 3.58. The number of nitrogens with zero attached hydrogens (tertiary/aromatic N) is 2. The summed E-state index contributed by atoms with van der Waals surface area (Å²) in [5.41, 5.74) is 3.12. The average molecular weight is 335 g/mol. The van der Waals surface area contributed by atoms with Gasteiger partial charge in [0.2, 0.25) is 0 Å². The molecule has 0 unspecified atom stereocenters. The molecule has 0 fully saturated rings. The molecule has 0 radical (unpaired) electrons. The van der Waals surface area contributed by atoms with Gasteiger partial charge in [0.1, 0.15) is 11.6 Å². The standard InChI is InChI=1S/C20H21N3O2/c1-13(19-21-17-8-4-3-7-16(17)20(24)22-19)23-11-5-6-14-12-15(25-2)9-10-18(14)23/h3-4,7-10,12-13H,5-6,11H2,1-2H3,(H,21,22,24)/t13-/m0/s1. The van der Waals surface area contributed by atoms with Crippen LogP contribution in [0.5, 0.6) is 5.75 Å². The Morgan fingerprint density at radius 1 is 1.24 bits per heavy atom. The Morgan fingerprint density at radius 2 is 2.08 bits per heavy atom. The van der Waals surface area contributed by atoms with E-state index in [0.717, 1.165) is 30.7 Å². The third-order valence-corrected chi connectivity index (χ3v) is 4.94. The van der Waals surface area contributed by atoms with E-state index in [1.54, 1.807) is 13.2 Å². The van der Waals surface area contributed by atoms with Crippen LogP contribution in [-0.4, -0.2) is 23.6 Å². The summed E-state index contributed by atoms with van der Waals surface area (Å²) in [5.74, 6) is 1.58. The molecule has 2 aromatic carbocycles. The fourth-order valence-electron chi connectivity index (χ4n) is 3.58. The van der Waals surface area contributed by atoms with Gasteiger partial charge in [-0.25, -0.2) is 4.98 Å². The second-order valence-corrected chi connectivity index (χ2v) is 6.44. The number of H-pyrrole nitrogens is 1. The molecule has 1 atom stereocenters. The van der Waals surface area contributed by atoms with Crippen molar-refractivity contribution in [2.24, 2.45) is 0 Å². The molecular weight excluding hydrogens is 314 g/mol. The first-order valence-corrected chi connectivity index (χ1v) is 8.60. The lowest BCUT2D eigenvalue weighted by molar-refractivity contribution is 0.414. The lowest BCUT2D eigenvalue weighted by Gasteiger charge is -2.35. The fraction of sp³-hybridized carbons (Fsp3) is 0.300. The van der Waals surface area contributed by atoms with E-state index in [9.17, 15) is 4.79 Å². The van der Waals surface area contributed by atoms with Crippen LogP contribution in [0.15, 0.2) is 47.3 Å². The minimum absolute atomic E-state index is 0.00949. The Hall–Kier alpha value is -2.82. The van der Waals surface area contributed by atoms with Crippen LogP contribution in [0.25, 0.3) is 10.9 Å². The summed E-state index contributed by atoms with van der Waals surface area (Å²) >= 11 is 0. The van der Waals surface area contributed by atoms with Crippen LogP contribution in [0.2, 0.25) is 0 Å². The van der Waals surface area contributed by atoms with Crippen molar-refractivity contribution in [1.82, 2.24) is 9.97 Å². The summed E-state index contributed by atoms with van der Waals surface area (Å²) in [4.78, 5) is 22.4. The Balaban J connectivity index is 1.75. The van der Waals surface area contributed by atoms with E-state index >= 15 is 0 Å². The summed E-state index contributed by atoms with van der Waals surface area (Å²) in [6.45, 7) is 3.03. The molecule has 1 aliphatic rings. The van der Waals surface area contributed by atoms with E-state index in [-0.39, 0.29) is 11.6 Å².